The van der Waals surface area contributed by atoms with Gasteiger partial charge in [-0.25, -0.2) is 0 Å². The second-order valence-corrected chi connectivity index (χ2v) is 3.96. The molecule has 0 radical (unpaired) electrons. The first-order chi connectivity index (χ1) is 6.93. The number of nitrogens with one attached hydrogen (secondary N) is 1. The average molecular weight is 201 g/mol. The van der Waals surface area contributed by atoms with Crippen molar-refractivity contribution < 1.29 is 9.84 Å². The molecule has 1 unspecified atom stereocenters. The van der Waals surface area contributed by atoms with Crippen LogP contribution in [0.25, 0.3) is 0 Å². The number of aliphatic hydroxyl groups is 1. The molecule has 0 aromatic carbocycles. The van der Waals surface area contributed by atoms with Crippen molar-refractivity contribution in [1.29, 1.82) is 0 Å². The van der Waals surface area contributed by atoms with Gasteiger partial charge < -0.3 is 15.2 Å². The molecule has 0 saturated carbocycles. The molecule has 1 fully saturated rings. The maximum atomic E-state index is 8.57. The number of hydrogen-bond donors (Lipinski definition) is 2. The molecule has 1 aliphatic heterocycles. The van der Waals surface area contributed by atoms with Gasteiger partial charge in [-0.3, -0.25) is 0 Å². The first-order valence-electron chi connectivity index (χ1n) is 5.86. The molecule has 1 rings (SSSR count). The Balaban J connectivity index is 1.75. The van der Waals surface area contributed by atoms with Crippen LogP contribution in [0.1, 0.15) is 38.5 Å². The van der Waals surface area contributed by atoms with Crippen LogP contribution in [-0.2, 0) is 4.74 Å². The molecule has 0 aromatic rings. The smallest absolute Gasteiger partial charge is 0.0576 e. The monoisotopic (exact) mass is 201 g/mol. The quantitative estimate of drug-likeness (QED) is 0.582. The van der Waals surface area contributed by atoms with Crippen LogP contribution < -0.4 is 5.32 Å². The molecular weight excluding hydrogens is 178 g/mol. The highest BCUT2D eigenvalue weighted by Crippen LogP contribution is 2.16. The average Bonchev–Trinajstić information content (AvgIpc) is 2.69. The van der Waals surface area contributed by atoms with Crippen LogP contribution in [0.2, 0.25) is 0 Å². The van der Waals surface area contributed by atoms with E-state index in [1.54, 1.807) is 0 Å². The molecule has 84 valence electrons. The summed E-state index contributed by atoms with van der Waals surface area (Å²) in [4.78, 5) is 0. The summed E-state index contributed by atoms with van der Waals surface area (Å²) in [6.07, 6.45) is 7.44. The Morgan fingerprint density at radius 1 is 1.21 bits per heavy atom. The fourth-order valence-corrected chi connectivity index (χ4v) is 1.81. The van der Waals surface area contributed by atoms with Crippen LogP contribution in [-0.4, -0.2) is 37.5 Å². The summed E-state index contributed by atoms with van der Waals surface area (Å²) in [5.41, 5.74) is 0. The second-order valence-electron chi connectivity index (χ2n) is 3.96. The number of unbranched alkanes of at least 4 members (excludes halogenated alkanes) is 1. The van der Waals surface area contributed by atoms with Crippen molar-refractivity contribution in [3.05, 3.63) is 0 Å². The number of aliphatic hydroxyl groups excluding tert-OH is 1. The molecule has 2 N–H and O–H groups in total. The van der Waals surface area contributed by atoms with Crippen molar-refractivity contribution in [3.8, 4) is 0 Å². The summed E-state index contributed by atoms with van der Waals surface area (Å²) in [5, 5.41) is 11.9. The van der Waals surface area contributed by atoms with E-state index in [-0.39, 0.29) is 0 Å². The fraction of sp³-hybridized carbons (Fsp3) is 1.00. The topological polar surface area (TPSA) is 41.5 Å². The molecule has 0 aromatic heterocycles. The van der Waals surface area contributed by atoms with E-state index < -0.39 is 0 Å². The van der Waals surface area contributed by atoms with Gasteiger partial charge in [-0.1, -0.05) is 0 Å². The van der Waals surface area contributed by atoms with Crippen LogP contribution in [0.5, 0.6) is 0 Å². The van der Waals surface area contributed by atoms with Crippen molar-refractivity contribution in [2.75, 3.05) is 26.3 Å². The summed E-state index contributed by atoms with van der Waals surface area (Å²) in [6, 6.07) is 0. The van der Waals surface area contributed by atoms with E-state index in [0.29, 0.717) is 12.7 Å². The maximum absolute atomic E-state index is 8.57. The number of hydrogen-bond acceptors (Lipinski definition) is 3. The lowest BCUT2D eigenvalue weighted by Crippen LogP contribution is -2.18. The third-order valence-corrected chi connectivity index (χ3v) is 2.67. The van der Waals surface area contributed by atoms with Gasteiger partial charge in [0.2, 0.25) is 0 Å². The van der Waals surface area contributed by atoms with E-state index >= 15 is 0 Å². The molecule has 1 atom stereocenters. The minimum absolute atomic E-state index is 0.317. The van der Waals surface area contributed by atoms with Crippen LogP contribution in [0.4, 0.5) is 0 Å². The Hall–Kier alpha value is -0.120. The van der Waals surface area contributed by atoms with Gasteiger partial charge in [-0.15, -0.1) is 0 Å². The van der Waals surface area contributed by atoms with Crippen LogP contribution >= 0.6 is 0 Å². The van der Waals surface area contributed by atoms with Crippen LogP contribution in [0.15, 0.2) is 0 Å². The largest absolute Gasteiger partial charge is 0.396 e. The summed E-state index contributed by atoms with van der Waals surface area (Å²) >= 11 is 0. The Bertz CT molecular complexity index is 124. The molecular formula is C11H23NO2. The zero-order valence-corrected chi connectivity index (χ0v) is 9.00. The zero-order valence-electron chi connectivity index (χ0n) is 9.00. The summed E-state index contributed by atoms with van der Waals surface area (Å²) in [6.45, 7) is 3.41. The minimum atomic E-state index is 0.317. The Morgan fingerprint density at radius 2 is 2.07 bits per heavy atom. The Morgan fingerprint density at radius 3 is 2.79 bits per heavy atom. The van der Waals surface area contributed by atoms with Crippen molar-refractivity contribution >= 4 is 0 Å². The summed E-state index contributed by atoms with van der Waals surface area (Å²) < 4.78 is 5.54. The maximum Gasteiger partial charge on any atom is 0.0576 e. The van der Waals surface area contributed by atoms with Gasteiger partial charge in [0.15, 0.2) is 0 Å². The molecule has 0 amide bonds. The minimum Gasteiger partial charge on any atom is -0.396 e. The van der Waals surface area contributed by atoms with Crippen LogP contribution in [0.3, 0.4) is 0 Å². The van der Waals surface area contributed by atoms with Gasteiger partial charge in [-0.2, -0.15) is 0 Å². The fourth-order valence-electron chi connectivity index (χ4n) is 1.81. The van der Waals surface area contributed by atoms with Crippen molar-refractivity contribution in [1.82, 2.24) is 5.32 Å². The predicted octanol–water partition coefficient (Wildman–Crippen LogP) is 1.31. The predicted molar refractivity (Wildman–Crippen MR) is 57.4 cm³/mol. The second kappa shape index (κ2) is 8.21. The van der Waals surface area contributed by atoms with E-state index in [4.69, 9.17) is 9.84 Å². The first kappa shape index (κ1) is 12.0. The molecule has 1 heterocycles. The van der Waals surface area contributed by atoms with E-state index in [1.807, 2.05) is 0 Å². The highest BCUT2D eigenvalue weighted by atomic mass is 16.5. The van der Waals surface area contributed by atoms with E-state index in [2.05, 4.69) is 5.32 Å². The first-order valence-corrected chi connectivity index (χ1v) is 5.86. The molecule has 14 heavy (non-hydrogen) atoms. The normalized spacial score (nSPS) is 21.6. The van der Waals surface area contributed by atoms with Crippen molar-refractivity contribution in [2.45, 2.75) is 44.6 Å². The summed E-state index contributed by atoms with van der Waals surface area (Å²) in [5.74, 6) is 0. The van der Waals surface area contributed by atoms with E-state index in [9.17, 15) is 0 Å². The van der Waals surface area contributed by atoms with Gasteiger partial charge in [-0.05, 0) is 51.6 Å². The third-order valence-electron chi connectivity index (χ3n) is 2.67. The Kier molecular flexibility index (Phi) is 7.01. The van der Waals surface area contributed by atoms with E-state index in [1.165, 1.54) is 25.7 Å². The molecule has 0 bridgehead atoms. The van der Waals surface area contributed by atoms with Gasteiger partial charge >= 0.3 is 0 Å². The van der Waals surface area contributed by atoms with Gasteiger partial charge in [0.25, 0.3) is 0 Å². The SMILES string of the molecule is OCCCCNCCCC1CCCO1. The lowest BCUT2D eigenvalue weighted by molar-refractivity contribution is 0.102. The number of ether oxygens (including phenoxy) is 1. The molecule has 0 spiro atoms. The van der Waals surface area contributed by atoms with Gasteiger partial charge in [0.1, 0.15) is 0 Å². The van der Waals surface area contributed by atoms with Gasteiger partial charge in [0.05, 0.1) is 6.10 Å². The Labute approximate surface area is 86.8 Å². The van der Waals surface area contributed by atoms with Gasteiger partial charge in [0, 0.05) is 13.2 Å². The molecule has 3 heteroatoms. The third kappa shape index (κ3) is 5.58. The molecule has 1 saturated heterocycles. The summed E-state index contributed by atoms with van der Waals surface area (Å²) in [7, 11) is 0. The molecule has 0 aliphatic carbocycles. The molecule has 1 aliphatic rings. The van der Waals surface area contributed by atoms with Crippen molar-refractivity contribution in [3.63, 3.8) is 0 Å². The van der Waals surface area contributed by atoms with Crippen molar-refractivity contribution in [2.24, 2.45) is 0 Å². The van der Waals surface area contributed by atoms with Crippen LogP contribution in [0, 0.1) is 0 Å². The highest BCUT2D eigenvalue weighted by Gasteiger charge is 2.13. The zero-order chi connectivity index (χ0) is 10.1. The molecule has 3 nitrogen and oxygen atoms in total. The van der Waals surface area contributed by atoms with E-state index in [0.717, 1.165) is 32.5 Å². The lowest BCUT2D eigenvalue weighted by Gasteiger charge is -2.09. The lowest BCUT2D eigenvalue weighted by atomic mass is 10.1. The standard InChI is InChI=1S/C11H23NO2/c13-9-2-1-7-12-8-3-5-11-6-4-10-14-11/h11-13H,1-10H2. The number of rotatable bonds is 8. The highest BCUT2D eigenvalue weighted by molar-refractivity contribution is 4.65.